The molecule has 4 aliphatic rings. The van der Waals surface area contributed by atoms with Crippen molar-refractivity contribution >= 4 is 83.2 Å². The number of fused-ring (bicyclic) bond motifs is 4. The summed E-state index contributed by atoms with van der Waals surface area (Å²) in [5, 5.41) is 2.41. The Balaban J connectivity index is 0.960. The molecule has 4 aromatic heterocycles. The molecule has 8 heterocycles. The standard InChI is InChI=1S/C31H38F3N11O12P2S2/c1-31(2,3)55-30(47)43-5-13(32)4-14(43)6-50-29(46)42-24-20-26(39-10-37-24)45(12-41-20)28-18(34)22-16(54-28)8-52-58(48,60)56-21-15(7-51-59(49,61)57-22)53-27(17(21)33)44-11-40-19-23(35)36-9-38-25(19)44/h9-18,21-22,27-28H,4-8H2,1-3H3,(H,48,60)(H,49,61)(H2,35,36,38)(H,37,39,42,46)/t13-,14-,15+,16+,17+,18+,21+,22+,27+,28+,58?,59?/m0/s1. The van der Waals surface area contributed by atoms with Gasteiger partial charge in [-0.2, -0.15) is 0 Å². The number of aromatic nitrogens is 8. The number of nitrogens with two attached hydrogens (primary N) is 1. The van der Waals surface area contributed by atoms with Crippen molar-refractivity contribution in [2.45, 2.75) is 94.2 Å². The fourth-order valence-corrected chi connectivity index (χ4v) is 9.99. The van der Waals surface area contributed by atoms with Gasteiger partial charge in [0, 0.05) is 6.42 Å². The van der Waals surface area contributed by atoms with Gasteiger partial charge in [0.15, 0.2) is 53.2 Å². The molecule has 4 aliphatic heterocycles. The Morgan fingerprint density at radius 2 is 1.43 bits per heavy atom. The lowest BCUT2D eigenvalue weighted by Crippen LogP contribution is -2.42. The highest BCUT2D eigenvalue weighted by Gasteiger charge is 2.54. The minimum atomic E-state index is -4.38. The molecule has 332 valence electrons. The first kappa shape index (κ1) is 43.8. The molecule has 5 N–H and O–H groups in total. The molecule has 0 spiro atoms. The molecular weight excluding hydrogens is 901 g/mol. The van der Waals surface area contributed by atoms with E-state index in [1.54, 1.807) is 20.8 Å². The molecule has 4 aromatic rings. The Hall–Kier alpha value is -3.79. The molecule has 0 bridgehead atoms. The van der Waals surface area contributed by atoms with Crippen LogP contribution in [0.15, 0.2) is 25.3 Å². The van der Waals surface area contributed by atoms with Gasteiger partial charge in [-0.05, 0) is 44.4 Å². The third kappa shape index (κ3) is 9.17. The summed E-state index contributed by atoms with van der Waals surface area (Å²) in [4.78, 5) is 73.4. The number of hydrogen-bond donors (Lipinski definition) is 4. The van der Waals surface area contributed by atoms with E-state index in [2.05, 4.69) is 35.2 Å². The SMILES string of the molecule is CC(C)(C)OC(=O)N1C[C@@H](F)C[C@H]1COC(=O)Nc1ncnc2c1ncn2[C@@H]1O[C@@H]2COP(O)(=S)O[C@H]3[C@@H](F)[C@H](n4cnc5c(N)ncnc54)O[C@@H]3COP(O)(=S)O[C@H]2[C@H]1F. The van der Waals surface area contributed by atoms with Gasteiger partial charge in [-0.1, -0.05) is 0 Å². The number of hydrogen-bond acceptors (Lipinski definition) is 19. The molecule has 2 amide bonds. The van der Waals surface area contributed by atoms with Gasteiger partial charge in [0.25, 0.3) is 0 Å². The van der Waals surface area contributed by atoms with E-state index in [9.17, 15) is 23.8 Å². The van der Waals surface area contributed by atoms with E-state index in [-0.39, 0.29) is 53.5 Å². The highest BCUT2D eigenvalue weighted by atomic mass is 32.5. The number of ether oxygens (including phenoxy) is 4. The Kier molecular flexibility index (Phi) is 12.0. The van der Waals surface area contributed by atoms with Crippen molar-refractivity contribution in [3.05, 3.63) is 25.3 Å². The lowest BCUT2D eigenvalue weighted by Gasteiger charge is -2.29. The van der Waals surface area contributed by atoms with Crippen molar-refractivity contribution in [3.63, 3.8) is 0 Å². The molecule has 8 rings (SSSR count). The maximum absolute atomic E-state index is 16.5. The predicted molar refractivity (Wildman–Crippen MR) is 209 cm³/mol. The van der Waals surface area contributed by atoms with E-state index in [0.29, 0.717) is 0 Å². The zero-order chi connectivity index (χ0) is 43.6. The molecule has 0 aliphatic carbocycles. The van der Waals surface area contributed by atoms with Gasteiger partial charge in [0.05, 0.1) is 38.5 Å². The second kappa shape index (κ2) is 16.7. The van der Waals surface area contributed by atoms with Gasteiger partial charge >= 0.3 is 25.6 Å². The maximum atomic E-state index is 16.5. The summed E-state index contributed by atoms with van der Waals surface area (Å²) in [5.74, 6) is -0.133. The van der Waals surface area contributed by atoms with Gasteiger partial charge in [0.1, 0.15) is 61.0 Å². The zero-order valence-corrected chi connectivity index (χ0v) is 35.5. The van der Waals surface area contributed by atoms with Crippen LogP contribution < -0.4 is 11.1 Å². The highest BCUT2D eigenvalue weighted by molar-refractivity contribution is 8.07. The summed E-state index contributed by atoms with van der Waals surface area (Å²) < 4.78 is 94.2. The van der Waals surface area contributed by atoms with Crippen molar-refractivity contribution in [2.75, 3.05) is 37.4 Å². The molecule has 4 fully saturated rings. The van der Waals surface area contributed by atoms with Crippen LogP contribution in [0.1, 0.15) is 39.6 Å². The van der Waals surface area contributed by atoms with E-state index >= 15 is 8.78 Å². The fraction of sp³-hybridized carbons (Fsp3) is 0.613. The Morgan fingerprint density at radius 1 is 0.885 bits per heavy atom. The number of imidazole rings is 2. The summed E-state index contributed by atoms with van der Waals surface area (Å²) in [6.45, 7) is -5.73. The summed E-state index contributed by atoms with van der Waals surface area (Å²) in [6.07, 6.45) is -12.2. The van der Waals surface area contributed by atoms with Crippen LogP contribution in [0.5, 0.6) is 0 Å². The van der Waals surface area contributed by atoms with E-state index in [1.807, 2.05) is 0 Å². The molecule has 0 aromatic carbocycles. The number of carbonyl (C=O) groups excluding carboxylic acids is 2. The Morgan fingerprint density at radius 3 is 2.00 bits per heavy atom. The van der Waals surface area contributed by atoms with Crippen LogP contribution in [0.2, 0.25) is 0 Å². The van der Waals surface area contributed by atoms with Crippen LogP contribution in [-0.4, -0.2) is 147 Å². The minimum Gasteiger partial charge on any atom is -0.447 e. The number of nitrogens with zero attached hydrogens (tertiary/aromatic N) is 9. The number of likely N-dealkylation sites (tertiary alicyclic amines) is 1. The van der Waals surface area contributed by atoms with Crippen LogP contribution in [0.25, 0.3) is 22.3 Å². The number of nitrogens with one attached hydrogen (secondary N) is 1. The largest absolute Gasteiger partial charge is 0.447 e. The van der Waals surface area contributed by atoms with Gasteiger partial charge in [-0.25, -0.2) is 52.7 Å². The average Bonchev–Trinajstić information content (AvgIpc) is 4.00. The Bertz CT molecular complexity index is 2420. The van der Waals surface area contributed by atoms with Crippen LogP contribution in [0.3, 0.4) is 0 Å². The van der Waals surface area contributed by atoms with Crippen LogP contribution in [0, 0.1) is 0 Å². The predicted octanol–water partition coefficient (Wildman–Crippen LogP) is 2.87. The summed E-state index contributed by atoms with van der Waals surface area (Å²) >= 11 is 10.4. The molecule has 2 unspecified atom stereocenters. The van der Waals surface area contributed by atoms with E-state index in [4.69, 9.17) is 66.4 Å². The first-order chi connectivity index (χ1) is 28.8. The van der Waals surface area contributed by atoms with Gasteiger partial charge in [-0.15, -0.1) is 0 Å². The molecule has 23 nitrogen and oxygen atoms in total. The summed E-state index contributed by atoms with van der Waals surface area (Å²) in [5.41, 5.74) is 5.24. The number of amides is 2. The van der Waals surface area contributed by atoms with Crippen molar-refractivity contribution in [1.29, 1.82) is 0 Å². The zero-order valence-electron chi connectivity index (χ0n) is 32.0. The first-order valence-corrected chi connectivity index (χ1v) is 23.5. The van der Waals surface area contributed by atoms with Gasteiger partial charge in [0.2, 0.25) is 0 Å². The second-order valence-corrected chi connectivity index (χ2v) is 20.7. The number of anilines is 2. The number of rotatable bonds is 5. The quantitative estimate of drug-likeness (QED) is 0.209. The lowest BCUT2D eigenvalue weighted by atomic mass is 10.1. The van der Waals surface area contributed by atoms with E-state index < -0.39 is 106 Å². The van der Waals surface area contributed by atoms with Crippen LogP contribution in [0.4, 0.5) is 34.4 Å². The summed E-state index contributed by atoms with van der Waals surface area (Å²) in [7, 11) is 0. The molecule has 0 saturated carbocycles. The van der Waals surface area contributed by atoms with Crippen LogP contribution >= 0.6 is 13.4 Å². The molecule has 12 atom stereocenters. The summed E-state index contributed by atoms with van der Waals surface area (Å²) in [6, 6.07) is -0.802. The van der Waals surface area contributed by atoms with E-state index in [0.717, 1.165) is 28.4 Å². The van der Waals surface area contributed by atoms with Gasteiger partial charge in [-0.3, -0.25) is 28.4 Å². The maximum Gasteiger partial charge on any atom is 0.412 e. The van der Waals surface area contributed by atoms with Crippen molar-refractivity contribution in [2.24, 2.45) is 0 Å². The third-order valence-electron chi connectivity index (χ3n) is 9.76. The number of alkyl halides is 3. The molecule has 4 saturated heterocycles. The fourth-order valence-electron chi connectivity index (χ4n) is 7.11. The normalized spacial score (nSPS) is 34.7. The van der Waals surface area contributed by atoms with E-state index in [1.165, 1.54) is 10.9 Å². The first-order valence-electron chi connectivity index (χ1n) is 18.4. The number of halogens is 3. The second-order valence-electron chi connectivity index (χ2n) is 15.2. The Labute approximate surface area is 352 Å². The topological polar surface area (TPSA) is 277 Å². The van der Waals surface area contributed by atoms with Crippen molar-refractivity contribution in [1.82, 2.24) is 43.9 Å². The monoisotopic (exact) mass is 939 g/mol. The third-order valence-corrected chi connectivity index (χ3v) is 12.9. The minimum absolute atomic E-state index is 0.0293. The lowest BCUT2D eigenvalue weighted by molar-refractivity contribution is -0.0583. The highest BCUT2D eigenvalue weighted by Crippen LogP contribution is 2.54. The van der Waals surface area contributed by atoms with Crippen LogP contribution in [-0.2, 0) is 60.7 Å². The molecule has 30 heteroatoms. The molecule has 0 radical (unpaired) electrons. The molecular formula is C31H38F3N11O12P2S2. The average molecular weight is 940 g/mol. The smallest absolute Gasteiger partial charge is 0.412 e. The van der Waals surface area contributed by atoms with Crippen molar-refractivity contribution < 1.29 is 69.6 Å². The molecule has 61 heavy (non-hydrogen) atoms. The van der Waals surface area contributed by atoms with Gasteiger partial charge < -0.3 is 43.5 Å². The number of nitrogen functional groups attached to an aromatic ring is 1. The number of carbonyl (C=O) groups is 2. The van der Waals surface area contributed by atoms with Crippen molar-refractivity contribution in [3.8, 4) is 0 Å².